The second-order valence-corrected chi connectivity index (χ2v) is 10.1. The third kappa shape index (κ3) is 4.83. The Morgan fingerprint density at radius 2 is 1.88 bits per heavy atom. The zero-order valence-electron chi connectivity index (χ0n) is 19.6. The Kier molecular flexibility index (Phi) is 6.09. The van der Waals surface area contributed by atoms with Gasteiger partial charge in [0, 0.05) is 29.7 Å². The number of amides is 1. The van der Waals surface area contributed by atoms with Crippen molar-refractivity contribution in [3.63, 3.8) is 0 Å². The van der Waals surface area contributed by atoms with Gasteiger partial charge in [0.1, 0.15) is 11.4 Å². The van der Waals surface area contributed by atoms with Crippen LogP contribution in [0.4, 0.5) is 0 Å². The monoisotopic (exact) mass is 472 g/mol. The predicted octanol–water partition coefficient (Wildman–Crippen LogP) is 6.81. The summed E-state index contributed by atoms with van der Waals surface area (Å²) in [6, 6.07) is 22.2. The minimum atomic E-state index is -0.139. The summed E-state index contributed by atoms with van der Waals surface area (Å²) in [6.45, 7) is 5.38. The number of ether oxygens (including phenoxy) is 1. The smallest absolute Gasteiger partial charge is 0.256 e. The molecule has 1 aliphatic rings. The zero-order chi connectivity index (χ0) is 23.7. The third-order valence-electron chi connectivity index (χ3n) is 6.54. The number of hydrogen-bond donors (Lipinski definition) is 1. The van der Waals surface area contributed by atoms with Crippen LogP contribution in [-0.2, 0) is 19.4 Å². The summed E-state index contributed by atoms with van der Waals surface area (Å²) in [6.07, 6.45) is 4.58. The van der Waals surface area contributed by atoms with Crippen molar-refractivity contribution in [3.8, 4) is 5.75 Å². The van der Waals surface area contributed by atoms with Crippen LogP contribution < -0.4 is 4.74 Å². The molecule has 174 valence electrons. The number of H-pyrrole nitrogens is 1. The number of carbonyl (C=O) groups is 1. The first kappa shape index (κ1) is 22.5. The zero-order valence-corrected chi connectivity index (χ0v) is 20.4. The molecule has 5 heteroatoms. The number of carbonyl (C=O) groups excluding carboxylic acids is 1. The van der Waals surface area contributed by atoms with Crippen molar-refractivity contribution in [2.24, 2.45) is 0 Å². The molecule has 0 unspecified atom stereocenters. The SMILES string of the molecule is CC1(C)CCc2cc(CN(CCc3ccccc3)C(=O)c3cc(Cl)cc4cc[nH]c34)ccc2O1. The van der Waals surface area contributed by atoms with Gasteiger partial charge in [-0.2, -0.15) is 0 Å². The molecule has 1 aromatic heterocycles. The molecule has 4 nitrogen and oxygen atoms in total. The normalized spacial score (nSPS) is 14.4. The van der Waals surface area contributed by atoms with Crippen molar-refractivity contribution in [1.29, 1.82) is 0 Å². The van der Waals surface area contributed by atoms with Crippen molar-refractivity contribution >= 4 is 28.4 Å². The lowest BCUT2D eigenvalue weighted by molar-refractivity contribution is 0.0746. The molecule has 1 amide bonds. The van der Waals surface area contributed by atoms with Crippen LogP contribution in [0, 0.1) is 0 Å². The number of benzene rings is 3. The van der Waals surface area contributed by atoms with Crippen molar-refractivity contribution in [1.82, 2.24) is 9.88 Å². The Bertz CT molecular complexity index is 1330. The Morgan fingerprint density at radius 3 is 2.71 bits per heavy atom. The summed E-state index contributed by atoms with van der Waals surface area (Å²) in [5, 5.41) is 1.50. The van der Waals surface area contributed by atoms with Gasteiger partial charge in [-0.15, -0.1) is 0 Å². The van der Waals surface area contributed by atoms with Crippen LogP contribution in [0.25, 0.3) is 10.9 Å². The van der Waals surface area contributed by atoms with E-state index in [0.29, 0.717) is 23.7 Å². The van der Waals surface area contributed by atoms with Gasteiger partial charge < -0.3 is 14.6 Å². The number of rotatable bonds is 6. The van der Waals surface area contributed by atoms with Gasteiger partial charge >= 0.3 is 0 Å². The lowest BCUT2D eigenvalue weighted by atomic mass is 9.93. The van der Waals surface area contributed by atoms with Crippen LogP contribution in [0.1, 0.15) is 47.3 Å². The molecule has 0 saturated heterocycles. The summed E-state index contributed by atoms with van der Waals surface area (Å²) in [7, 11) is 0. The van der Waals surface area contributed by atoms with E-state index < -0.39 is 0 Å². The first-order valence-corrected chi connectivity index (χ1v) is 12.2. The van der Waals surface area contributed by atoms with Crippen molar-refractivity contribution < 1.29 is 9.53 Å². The molecular formula is C29H29ClN2O2. The number of hydrogen-bond acceptors (Lipinski definition) is 2. The molecule has 0 radical (unpaired) electrons. The highest BCUT2D eigenvalue weighted by molar-refractivity contribution is 6.32. The number of aromatic nitrogens is 1. The van der Waals surface area contributed by atoms with Crippen LogP contribution in [-0.4, -0.2) is 27.9 Å². The number of aromatic amines is 1. The van der Waals surface area contributed by atoms with E-state index in [9.17, 15) is 4.79 Å². The summed E-state index contributed by atoms with van der Waals surface area (Å²) < 4.78 is 6.15. The summed E-state index contributed by atoms with van der Waals surface area (Å²) in [5.41, 5.74) is 4.80. The Labute approximate surface area is 205 Å². The van der Waals surface area contributed by atoms with Crippen LogP contribution >= 0.6 is 11.6 Å². The van der Waals surface area contributed by atoms with E-state index >= 15 is 0 Å². The first-order valence-electron chi connectivity index (χ1n) is 11.8. The maximum absolute atomic E-state index is 13.8. The van der Waals surface area contributed by atoms with Crippen LogP contribution in [0.5, 0.6) is 5.75 Å². The lowest BCUT2D eigenvalue weighted by Crippen LogP contribution is -2.34. The first-order chi connectivity index (χ1) is 16.4. The van der Waals surface area contributed by atoms with Gasteiger partial charge in [0.15, 0.2) is 0 Å². The van der Waals surface area contributed by atoms with Gasteiger partial charge in [-0.05, 0) is 74.1 Å². The Balaban J connectivity index is 1.45. The topological polar surface area (TPSA) is 45.3 Å². The fraction of sp³-hybridized carbons (Fsp3) is 0.276. The Morgan fingerprint density at radius 1 is 1.06 bits per heavy atom. The lowest BCUT2D eigenvalue weighted by Gasteiger charge is -2.33. The minimum absolute atomic E-state index is 0.0269. The van der Waals surface area contributed by atoms with Gasteiger partial charge in [0.25, 0.3) is 5.91 Å². The molecule has 34 heavy (non-hydrogen) atoms. The van der Waals surface area contributed by atoms with E-state index in [-0.39, 0.29) is 11.5 Å². The highest BCUT2D eigenvalue weighted by atomic mass is 35.5. The van der Waals surface area contributed by atoms with Gasteiger partial charge in [-0.3, -0.25) is 4.79 Å². The fourth-order valence-corrected chi connectivity index (χ4v) is 4.89. The third-order valence-corrected chi connectivity index (χ3v) is 6.75. The Hall–Kier alpha value is -3.24. The number of halogens is 1. The van der Waals surface area contributed by atoms with Crippen molar-refractivity contribution in [2.45, 2.75) is 45.3 Å². The van der Waals surface area contributed by atoms with Crippen molar-refractivity contribution in [3.05, 3.63) is 100 Å². The van der Waals surface area contributed by atoms with Gasteiger partial charge in [0.05, 0.1) is 11.1 Å². The number of aryl methyl sites for hydroxylation is 1. The molecule has 1 N–H and O–H groups in total. The second kappa shape index (κ2) is 9.19. The van der Waals surface area contributed by atoms with Crippen LogP contribution in [0.15, 0.2) is 72.9 Å². The maximum atomic E-state index is 13.8. The molecule has 4 aromatic rings. The average Bonchev–Trinajstić information content (AvgIpc) is 3.29. The molecule has 1 aliphatic heterocycles. The largest absolute Gasteiger partial charge is 0.488 e. The maximum Gasteiger partial charge on any atom is 0.256 e. The van der Waals surface area contributed by atoms with E-state index in [4.69, 9.17) is 16.3 Å². The summed E-state index contributed by atoms with van der Waals surface area (Å²) in [5.74, 6) is 0.922. The van der Waals surface area contributed by atoms with Crippen LogP contribution in [0.2, 0.25) is 5.02 Å². The molecule has 0 atom stereocenters. The van der Waals surface area contributed by atoms with Crippen LogP contribution in [0.3, 0.4) is 0 Å². The molecule has 0 bridgehead atoms. The molecule has 0 aliphatic carbocycles. The minimum Gasteiger partial charge on any atom is -0.488 e. The summed E-state index contributed by atoms with van der Waals surface area (Å²) >= 11 is 6.37. The number of nitrogens with one attached hydrogen (secondary N) is 1. The molecule has 2 heterocycles. The van der Waals surface area contributed by atoms with Gasteiger partial charge in [-0.1, -0.05) is 54.1 Å². The van der Waals surface area contributed by atoms with E-state index in [1.54, 1.807) is 6.07 Å². The summed E-state index contributed by atoms with van der Waals surface area (Å²) in [4.78, 5) is 19.0. The highest BCUT2D eigenvalue weighted by Crippen LogP contribution is 2.34. The van der Waals surface area contributed by atoms with E-state index in [1.807, 2.05) is 47.5 Å². The second-order valence-electron chi connectivity index (χ2n) is 9.66. The number of nitrogens with zero attached hydrogens (tertiary/aromatic N) is 1. The van der Waals surface area contributed by atoms with E-state index in [1.165, 1.54) is 11.1 Å². The molecule has 3 aromatic carbocycles. The molecule has 5 rings (SSSR count). The molecule has 0 spiro atoms. The number of fused-ring (bicyclic) bond motifs is 2. The fourth-order valence-electron chi connectivity index (χ4n) is 4.67. The van der Waals surface area contributed by atoms with Crippen molar-refractivity contribution in [2.75, 3.05) is 6.54 Å². The molecular weight excluding hydrogens is 444 g/mol. The average molecular weight is 473 g/mol. The standard InChI is InChI=1S/C29H29ClN2O2/c1-29(2)13-10-22-16-21(8-9-26(22)34-29)19-32(15-12-20-6-4-3-5-7-20)28(33)25-18-24(30)17-23-11-14-31-27(23)25/h3-9,11,14,16-18,31H,10,12-13,15,19H2,1-2H3. The molecule has 0 saturated carbocycles. The van der Waals surface area contributed by atoms with E-state index in [0.717, 1.165) is 41.5 Å². The predicted molar refractivity (Wildman–Crippen MR) is 138 cm³/mol. The highest BCUT2D eigenvalue weighted by Gasteiger charge is 2.27. The quantitative estimate of drug-likeness (QED) is 0.335. The molecule has 0 fully saturated rings. The van der Waals surface area contributed by atoms with E-state index in [2.05, 4.69) is 43.1 Å². The van der Waals surface area contributed by atoms with Gasteiger partial charge in [-0.25, -0.2) is 0 Å². The van der Waals surface area contributed by atoms with Gasteiger partial charge in [0.2, 0.25) is 0 Å².